The minimum Gasteiger partial charge on any atom is -0.493 e. The van der Waals surface area contributed by atoms with E-state index in [0.29, 0.717) is 10.6 Å². The molecule has 35 heavy (non-hydrogen) atoms. The zero-order chi connectivity index (χ0) is 24.9. The average molecular weight is 510 g/mol. The molecule has 11 heteroatoms. The number of amides is 1. The number of rotatable bonds is 7. The number of fused-ring (bicyclic) bond motifs is 1. The number of thiophene rings is 1. The van der Waals surface area contributed by atoms with Crippen LogP contribution in [0.2, 0.25) is 5.02 Å². The molecule has 0 unspecified atom stereocenters. The zero-order valence-electron chi connectivity index (χ0n) is 18.1. The Hall–Kier alpha value is -4.28. The third-order valence-electron chi connectivity index (χ3n) is 4.81. The van der Waals surface area contributed by atoms with Crippen LogP contribution >= 0.6 is 22.9 Å². The summed E-state index contributed by atoms with van der Waals surface area (Å²) in [7, 11) is 1.42. The Bertz CT molecular complexity index is 1480. The lowest BCUT2D eigenvalue weighted by Gasteiger charge is -2.09. The fraction of sp³-hybridized carbons (Fsp3) is 0.0417. The van der Waals surface area contributed by atoms with Gasteiger partial charge in [0, 0.05) is 27.8 Å². The van der Waals surface area contributed by atoms with Gasteiger partial charge in [0.1, 0.15) is 4.88 Å². The lowest BCUT2D eigenvalue weighted by Crippen LogP contribution is -2.17. The number of hydrogen-bond acceptors (Lipinski definition) is 8. The molecule has 0 saturated carbocycles. The Morgan fingerprint density at radius 1 is 1.09 bits per heavy atom. The molecule has 0 saturated heterocycles. The second-order valence-corrected chi connectivity index (χ2v) is 8.48. The summed E-state index contributed by atoms with van der Waals surface area (Å²) >= 11 is 7.60. The average Bonchev–Trinajstić information content (AvgIpc) is 3.21. The fourth-order valence-corrected chi connectivity index (χ4v) is 4.52. The minimum atomic E-state index is -0.611. The topological polar surface area (TPSA) is 120 Å². The number of nitrogens with one attached hydrogen (secondary N) is 1. The van der Waals surface area contributed by atoms with Crippen LogP contribution in [0.25, 0.3) is 10.1 Å². The molecule has 1 aromatic heterocycles. The van der Waals surface area contributed by atoms with E-state index in [0.717, 1.165) is 16.2 Å². The Morgan fingerprint density at radius 3 is 2.63 bits per heavy atom. The molecule has 1 heterocycles. The molecule has 9 nitrogen and oxygen atoms in total. The number of esters is 1. The van der Waals surface area contributed by atoms with E-state index >= 15 is 0 Å². The second kappa shape index (κ2) is 10.3. The van der Waals surface area contributed by atoms with Gasteiger partial charge in [-0.3, -0.25) is 14.9 Å². The first-order chi connectivity index (χ1) is 16.9. The van der Waals surface area contributed by atoms with Gasteiger partial charge in [-0.2, -0.15) is 5.10 Å². The number of nitro benzene ring substituents is 1. The number of methoxy groups -OCH3 is 1. The Morgan fingerprint density at radius 2 is 1.89 bits per heavy atom. The van der Waals surface area contributed by atoms with Crippen molar-refractivity contribution in [2.75, 3.05) is 7.11 Å². The molecule has 0 radical (unpaired) electrons. The molecule has 4 aromatic rings. The molecule has 0 aliphatic heterocycles. The van der Waals surface area contributed by atoms with E-state index in [1.54, 1.807) is 12.1 Å². The second-order valence-electron chi connectivity index (χ2n) is 7.05. The molecular formula is C24H16ClN3O6S. The summed E-state index contributed by atoms with van der Waals surface area (Å²) in [6.45, 7) is 0. The van der Waals surface area contributed by atoms with Crippen molar-refractivity contribution in [1.82, 2.24) is 5.43 Å². The van der Waals surface area contributed by atoms with Crippen LogP contribution in [0.5, 0.6) is 11.5 Å². The first-order valence-electron chi connectivity index (χ1n) is 10.0. The highest BCUT2D eigenvalue weighted by atomic mass is 35.5. The van der Waals surface area contributed by atoms with Crippen LogP contribution in [0.4, 0.5) is 5.69 Å². The van der Waals surface area contributed by atoms with Crippen molar-refractivity contribution in [2.24, 2.45) is 5.10 Å². The third kappa shape index (κ3) is 5.29. The van der Waals surface area contributed by atoms with Crippen LogP contribution in [0.1, 0.15) is 25.6 Å². The predicted molar refractivity (Wildman–Crippen MR) is 133 cm³/mol. The molecule has 3 aromatic carbocycles. The van der Waals surface area contributed by atoms with Crippen molar-refractivity contribution in [3.05, 3.63) is 97.9 Å². The van der Waals surface area contributed by atoms with Crippen LogP contribution in [0.3, 0.4) is 0 Å². The van der Waals surface area contributed by atoms with Gasteiger partial charge in [-0.1, -0.05) is 35.9 Å². The number of non-ortho nitro benzene ring substituents is 1. The zero-order valence-corrected chi connectivity index (χ0v) is 19.6. The van der Waals surface area contributed by atoms with E-state index in [-0.39, 0.29) is 27.6 Å². The summed E-state index contributed by atoms with van der Waals surface area (Å²) in [6, 6.07) is 17.4. The maximum Gasteiger partial charge on any atom is 0.355 e. The summed E-state index contributed by atoms with van der Waals surface area (Å²) in [5.41, 5.74) is 2.74. The van der Waals surface area contributed by atoms with Gasteiger partial charge in [-0.05, 0) is 35.9 Å². The highest BCUT2D eigenvalue weighted by Crippen LogP contribution is 2.37. The maximum absolute atomic E-state index is 12.7. The van der Waals surface area contributed by atoms with E-state index in [1.807, 2.05) is 24.3 Å². The molecule has 176 valence electrons. The van der Waals surface area contributed by atoms with Crippen molar-refractivity contribution in [1.29, 1.82) is 0 Å². The summed E-state index contributed by atoms with van der Waals surface area (Å²) in [5.74, 6) is -0.767. The highest BCUT2D eigenvalue weighted by Gasteiger charge is 2.20. The maximum atomic E-state index is 12.7. The number of carbonyl (C=O) groups is 2. The molecule has 0 aliphatic rings. The van der Waals surface area contributed by atoms with Crippen LogP contribution in [-0.4, -0.2) is 30.1 Å². The minimum absolute atomic E-state index is 0.0936. The van der Waals surface area contributed by atoms with E-state index in [1.165, 1.54) is 48.9 Å². The van der Waals surface area contributed by atoms with Gasteiger partial charge in [0.15, 0.2) is 11.5 Å². The summed E-state index contributed by atoms with van der Waals surface area (Å²) in [5, 5.41) is 15.8. The smallest absolute Gasteiger partial charge is 0.355 e. The van der Waals surface area contributed by atoms with Crippen molar-refractivity contribution in [2.45, 2.75) is 0 Å². The predicted octanol–water partition coefficient (Wildman–Crippen LogP) is 5.45. The molecule has 0 bridgehead atoms. The van der Waals surface area contributed by atoms with E-state index in [9.17, 15) is 19.7 Å². The summed E-state index contributed by atoms with van der Waals surface area (Å²) in [6.07, 6.45) is 1.35. The number of ether oxygens (including phenoxy) is 2. The van der Waals surface area contributed by atoms with Gasteiger partial charge in [-0.25, -0.2) is 10.2 Å². The SMILES string of the molecule is COc1cc(/C=N/NC(=O)c2cccc([N+](=O)[O-])c2)ccc1OC(=O)c1sc2ccccc2c1Cl. The molecule has 0 fully saturated rings. The van der Waals surface area contributed by atoms with Gasteiger partial charge in [-0.15, -0.1) is 11.3 Å². The monoisotopic (exact) mass is 509 g/mol. The number of hydrazone groups is 1. The summed E-state index contributed by atoms with van der Waals surface area (Å²) in [4.78, 5) is 35.5. The van der Waals surface area contributed by atoms with E-state index < -0.39 is 16.8 Å². The van der Waals surface area contributed by atoms with E-state index in [4.69, 9.17) is 21.1 Å². The third-order valence-corrected chi connectivity index (χ3v) is 6.46. The standard InChI is InChI=1S/C24H16ClN3O6S/c1-33-19-11-14(13-26-27-23(29)15-5-4-6-16(12-15)28(31)32)9-10-18(19)34-24(30)22-21(25)17-7-2-3-8-20(17)35-22/h2-13H,1H3,(H,27,29)/b26-13+. The van der Waals surface area contributed by atoms with Crippen LogP contribution in [0, 0.1) is 10.1 Å². The quantitative estimate of drug-likeness (QED) is 0.116. The van der Waals surface area contributed by atoms with Crippen LogP contribution in [-0.2, 0) is 0 Å². The number of nitro groups is 1. The Balaban J connectivity index is 1.46. The first-order valence-corrected chi connectivity index (χ1v) is 11.2. The van der Waals surface area contributed by atoms with Gasteiger partial charge >= 0.3 is 5.97 Å². The Labute approximate surface area is 207 Å². The fourth-order valence-electron chi connectivity index (χ4n) is 3.13. The number of benzene rings is 3. The van der Waals surface area contributed by atoms with Crippen molar-refractivity contribution in [3.8, 4) is 11.5 Å². The van der Waals surface area contributed by atoms with Crippen LogP contribution < -0.4 is 14.9 Å². The number of nitrogens with zero attached hydrogens (tertiary/aromatic N) is 2. The molecule has 1 amide bonds. The molecule has 0 spiro atoms. The normalized spacial score (nSPS) is 10.9. The lowest BCUT2D eigenvalue weighted by atomic mass is 10.2. The number of carbonyl (C=O) groups excluding carboxylic acids is 2. The molecule has 1 N–H and O–H groups in total. The first kappa shape index (κ1) is 23.9. The highest BCUT2D eigenvalue weighted by molar-refractivity contribution is 7.21. The lowest BCUT2D eigenvalue weighted by molar-refractivity contribution is -0.384. The molecule has 0 aliphatic carbocycles. The van der Waals surface area contributed by atoms with Gasteiger partial charge in [0.2, 0.25) is 0 Å². The van der Waals surface area contributed by atoms with Gasteiger partial charge in [0.25, 0.3) is 11.6 Å². The summed E-state index contributed by atoms with van der Waals surface area (Å²) < 4.78 is 11.7. The van der Waals surface area contributed by atoms with Crippen molar-refractivity contribution in [3.63, 3.8) is 0 Å². The van der Waals surface area contributed by atoms with Crippen LogP contribution in [0.15, 0.2) is 71.8 Å². The van der Waals surface area contributed by atoms with Gasteiger partial charge < -0.3 is 9.47 Å². The largest absolute Gasteiger partial charge is 0.493 e. The van der Waals surface area contributed by atoms with E-state index in [2.05, 4.69) is 10.5 Å². The van der Waals surface area contributed by atoms with Crippen molar-refractivity contribution >= 4 is 56.8 Å². The van der Waals surface area contributed by atoms with Crippen molar-refractivity contribution < 1.29 is 24.0 Å². The molecular weight excluding hydrogens is 494 g/mol. The van der Waals surface area contributed by atoms with Gasteiger partial charge in [0.05, 0.1) is 23.3 Å². The number of halogens is 1. The number of hydrogen-bond donors (Lipinski definition) is 1. The molecule has 0 atom stereocenters. The Kier molecular flexibility index (Phi) is 7.04. The molecule has 4 rings (SSSR count).